The van der Waals surface area contributed by atoms with E-state index < -0.39 is 11.6 Å². The standard InChI is InChI=1S/C24H30Cl2N2O3/c1-15-10-11-21(16(2)12-15)31-14-22(29)28(17(3)23(30)27-24(4,5)6)13-18-19(25)8-7-9-20(18)26/h7-12,17H,13-14H2,1-6H3,(H,27,30)/t17-/m0/s1. The first-order valence-corrected chi connectivity index (χ1v) is 10.9. The van der Waals surface area contributed by atoms with Crippen molar-refractivity contribution in [3.8, 4) is 5.75 Å². The molecule has 0 saturated heterocycles. The Labute approximate surface area is 194 Å². The SMILES string of the molecule is Cc1ccc(OCC(=O)N(Cc2c(Cl)cccc2Cl)[C@@H](C)C(=O)NC(C)(C)C)c(C)c1. The molecular formula is C24H30Cl2N2O3. The second kappa shape index (κ2) is 10.4. The Hall–Kier alpha value is -2.24. The van der Waals surface area contributed by atoms with E-state index in [1.165, 1.54) is 4.90 Å². The summed E-state index contributed by atoms with van der Waals surface area (Å²) in [5.41, 5.74) is 2.20. The van der Waals surface area contributed by atoms with Crippen molar-refractivity contribution in [1.82, 2.24) is 10.2 Å². The van der Waals surface area contributed by atoms with Crippen molar-refractivity contribution in [1.29, 1.82) is 0 Å². The Morgan fingerprint density at radius 2 is 1.71 bits per heavy atom. The summed E-state index contributed by atoms with van der Waals surface area (Å²) < 4.78 is 5.77. The molecule has 7 heteroatoms. The van der Waals surface area contributed by atoms with E-state index in [4.69, 9.17) is 27.9 Å². The van der Waals surface area contributed by atoms with Crippen molar-refractivity contribution >= 4 is 35.0 Å². The van der Waals surface area contributed by atoms with E-state index in [0.29, 0.717) is 21.4 Å². The first kappa shape index (κ1) is 25.0. The van der Waals surface area contributed by atoms with Crippen molar-refractivity contribution in [3.05, 3.63) is 63.1 Å². The molecule has 2 rings (SSSR count). The molecule has 5 nitrogen and oxygen atoms in total. The van der Waals surface area contributed by atoms with E-state index in [2.05, 4.69) is 5.32 Å². The highest BCUT2D eigenvalue weighted by molar-refractivity contribution is 6.36. The number of aryl methyl sites for hydroxylation is 2. The van der Waals surface area contributed by atoms with Gasteiger partial charge in [-0.3, -0.25) is 9.59 Å². The number of rotatable bonds is 7. The van der Waals surface area contributed by atoms with E-state index in [1.807, 2.05) is 52.8 Å². The average Bonchev–Trinajstić information content (AvgIpc) is 2.65. The van der Waals surface area contributed by atoms with Gasteiger partial charge in [0.15, 0.2) is 6.61 Å². The number of nitrogens with zero attached hydrogens (tertiary/aromatic N) is 1. The number of hydrogen-bond acceptors (Lipinski definition) is 3. The third kappa shape index (κ3) is 7.15. The molecule has 1 atom stereocenters. The van der Waals surface area contributed by atoms with Crippen LogP contribution in [-0.4, -0.2) is 34.9 Å². The summed E-state index contributed by atoms with van der Waals surface area (Å²) >= 11 is 12.6. The first-order chi connectivity index (χ1) is 14.4. The van der Waals surface area contributed by atoms with Crippen LogP contribution >= 0.6 is 23.2 Å². The third-order valence-corrected chi connectivity index (χ3v) is 5.45. The van der Waals surface area contributed by atoms with Crippen LogP contribution in [0, 0.1) is 13.8 Å². The first-order valence-electron chi connectivity index (χ1n) is 10.1. The van der Waals surface area contributed by atoms with Gasteiger partial charge in [0.1, 0.15) is 11.8 Å². The summed E-state index contributed by atoms with van der Waals surface area (Å²) in [7, 11) is 0. The zero-order valence-corrected chi connectivity index (χ0v) is 20.4. The van der Waals surface area contributed by atoms with Crippen LogP contribution in [0.5, 0.6) is 5.75 Å². The minimum absolute atomic E-state index is 0.0896. The van der Waals surface area contributed by atoms with Crippen molar-refractivity contribution < 1.29 is 14.3 Å². The maximum atomic E-state index is 13.2. The minimum atomic E-state index is -0.748. The van der Waals surface area contributed by atoms with Crippen molar-refractivity contribution in [2.45, 2.75) is 59.7 Å². The van der Waals surface area contributed by atoms with Gasteiger partial charge in [-0.15, -0.1) is 0 Å². The predicted molar refractivity (Wildman–Crippen MR) is 126 cm³/mol. The molecule has 0 aliphatic heterocycles. The Bertz CT molecular complexity index is 934. The monoisotopic (exact) mass is 464 g/mol. The number of hydrogen-bond donors (Lipinski definition) is 1. The van der Waals surface area contributed by atoms with Gasteiger partial charge in [-0.1, -0.05) is 47.0 Å². The van der Waals surface area contributed by atoms with E-state index in [0.717, 1.165) is 11.1 Å². The Morgan fingerprint density at radius 3 is 2.26 bits per heavy atom. The van der Waals surface area contributed by atoms with Gasteiger partial charge in [-0.05, 0) is 65.3 Å². The number of carbonyl (C=O) groups excluding carboxylic acids is 2. The molecule has 0 bridgehead atoms. The van der Waals surface area contributed by atoms with Crippen LogP contribution in [0.3, 0.4) is 0 Å². The van der Waals surface area contributed by atoms with Crippen molar-refractivity contribution in [2.75, 3.05) is 6.61 Å². The fraction of sp³-hybridized carbons (Fsp3) is 0.417. The van der Waals surface area contributed by atoms with E-state index in [9.17, 15) is 9.59 Å². The van der Waals surface area contributed by atoms with Gasteiger partial charge >= 0.3 is 0 Å². The molecule has 0 saturated carbocycles. The number of amides is 2. The minimum Gasteiger partial charge on any atom is -0.483 e. The topological polar surface area (TPSA) is 58.6 Å². The molecule has 0 spiro atoms. The molecule has 31 heavy (non-hydrogen) atoms. The van der Waals surface area contributed by atoms with Gasteiger partial charge in [-0.25, -0.2) is 0 Å². The van der Waals surface area contributed by atoms with E-state index in [-0.39, 0.29) is 25.0 Å². The van der Waals surface area contributed by atoms with Gasteiger partial charge in [0.05, 0.1) is 0 Å². The van der Waals surface area contributed by atoms with Crippen LogP contribution in [0.2, 0.25) is 10.0 Å². The number of nitrogens with one attached hydrogen (secondary N) is 1. The second-order valence-electron chi connectivity index (χ2n) is 8.69. The highest BCUT2D eigenvalue weighted by Gasteiger charge is 2.29. The lowest BCUT2D eigenvalue weighted by molar-refractivity contribution is -0.142. The van der Waals surface area contributed by atoms with E-state index >= 15 is 0 Å². The number of benzene rings is 2. The molecule has 0 fully saturated rings. The molecule has 1 N–H and O–H groups in total. The second-order valence-corrected chi connectivity index (χ2v) is 9.51. The maximum absolute atomic E-state index is 13.2. The molecule has 0 aliphatic rings. The van der Waals surface area contributed by atoms with Crippen LogP contribution in [0.25, 0.3) is 0 Å². The molecule has 2 aromatic carbocycles. The smallest absolute Gasteiger partial charge is 0.261 e. The number of ether oxygens (including phenoxy) is 1. The van der Waals surface area contributed by atoms with Crippen molar-refractivity contribution in [3.63, 3.8) is 0 Å². The molecular weight excluding hydrogens is 435 g/mol. The Kier molecular flexibility index (Phi) is 8.38. The number of halogens is 2. The van der Waals surface area contributed by atoms with Gasteiger partial charge in [-0.2, -0.15) is 0 Å². The summed E-state index contributed by atoms with van der Waals surface area (Å²) in [5.74, 6) is 0.0181. The summed E-state index contributed by atoms with van der Waals surface area (Å²) in [4.78, 5) is 27.4. The van der Waals surface area contributed by atoms with Gasteiger partial charge < -0.3 is 15.0 Å². The van der Waals surface area contributed by atoms with Crippen LogP contribution < -0.4 is 10.1 Å². The van der Waals surface area contributed by atoms with Crippen LogP contribution in [0.1, 0.15) is 44.4 Å². The molecule has 2 aromatic rings. The molecule has 0 radical (unpaired) electrons. The molecule has 0 aliphatic carbocycles. The summed E-state index contributed by atoms with van der Waals surface area (Å²) in [6.45, 7) is 11.1. The lowest BCUT2D eigenvalue weighted by atomic mass is 10.1. The normalized spacial score (nSPS) is 12.3. The highest BCUT2D eigenvalue weighted by Crippen LogP contribution is 2.27. The lowest BCUT2D eigenvalue weighted by Gasteiger charge is -2.32. The van der Waals surface area contributed by atoms with Crippen molar-refractivity contribution in [2.24, 2.45) is 0 Å². The molecule has 0 unspecified atom stereocenters. The van der Waals surface area contributed by atoms with Crippen LogP contribution in [-0.2, 0) is 16.1 Å². The molecule has 168 valence electrons. The average molecular weight is 465 g/mol. The predicted octanol–water partition coefficient (Wildman–Crippen LogP) is 5.32. The van der Waals surface area contributed by atoms with Crippen LogP contribution in [0.15, 0.2) is 36.4 Å². The number of carbonyl (C=O) groups is 2. The fourth-order valence-corrected chi connectivity index (χ4v) is 3.61. The zero-order chi connectivity index (χ0) is 23.3. The zero-order valence-electron chi connectivity index (χ0n) is 18.9. The quantitative estimate of drug-likeness (QED) is 0.602. The van der Waals surface area contributed by atoms with E-state index in [1.54, 1.807) is 25.1 Å². The van der Waals surface area contributed by atoms with Gasteiger partial charge in [0.25, 0.3) is 5.91 Å². The fourth-order valence-electron chi connectivity index (χ4n) is 3.09. The highest BCUT2D eigenvalue weighted by atomic mass is 35.5. The Morgan fingerprint density at radius 1 is 1.10 bits per heavy atom. The van der Waals surface area contributed by atoms with Gasteiger partial charge in [0, 0.05) is 27.7 Å². The maximum Gasteiger partial charge on any atom is 0.261 e. The molecule has 2 amide bonds. The lowest BCUT2D eigenvalue weighted by Crippen LogP contribution is -2.53. The third-order valence-electron chi connectivity index (χ3n) is 4.74. The van der Waals surface area contributed by atoms with Crippen LogP contribution in [0.4, 0.5) is 0 Å². The molecule has 0 aromatic heterocycles. The summed E-state index contributed by atoms with van der Waals surface area (Å²) in [6.07, 6.45) is 0. The summed E-state index contributed by atoms with van der Waals surface area (Å²) in [5, 5.41) is 3.79. The molecule has 0 heterocycles. The summed E-state index contributed by atoms with van der Waals surface area (Å²) in [6, 6.07) is 10.1. The van der Waals surface area contributed by atoms with Gasteiger partial charge in [0.2, 0.25) is 5.91 Å². The Balaban J connectivity index is 2.27. The largest absolute Gasteiger partial charge is 0.483 e.